The molecule has 8 heteroatoms. The van der Waals surface area contributed by atoms with E-state index < -0.39 is 0 Å². The molecule has 0 bridgehead atoms. The van der Waals surface area contributed by atoms with Crippen molar-refractivity contribution < 1.29 is 19.2 Å². The van der Waals surface area contributed by atoms with Gasteiger partial charge in [-0.3, -0.25) is 0 Å². The van der Waals surface area contributed by atoms with Crippen LogP contribution in [0, 0.1) is 0 Å². The SMILES string of the molecule is COc1cccc([C@H](c2sc3nc(-c4ccco4)nn3c2O)[NH+]2CCCC2)c1. The van der Waals surface area contributed by atoms with Gasteiger partial charge in [-0.1, -0.05) is 23.5 Å². The number of nitrogens with one attached hydrogen (secondary N) is 1. The molecule has 0 saturated carbocycles. The summed E-state index contributed by atoms with van der Waals surface area (Å²) in [5.41, 5.74) is 1.13. The van der Waals surface area contributed by atoms with E-state index in [9.17, 15) is 5.11 Å². The van der Waals surface area contributed by atoms with E-state index in [1.807, 2.05) is 18.2 Å². The molecule has 0 unspecified atom stereocenters. The number of nitrogens with zero attached hydrogens (tertiary/aromatic N) is 3. The van der Waals surface area contributed by atoms with Gasteiger partial charge in [0.15, 0.2) is 11.8 Å². The summed E-state index contributed by atoms with van der Waals surface area (Å²) in [5, 5.41) is 15.5. The number of benzene rings is 1. The predicted octanol–water partition coefficient (Wildman–Crippen LogP) is 2.53. The molecule has 1 atom stereocenters. The molecule has 0 radical (unpaired) electrons. The molecular weight excluding hydrogens is 376 g/mol. The Hall–Kier alpha value is -2.84. The van der Waals surface area contributed by atoms with Crippen molar-refractivity contribution in [3.05, 3.63) is 53.1 Å². The van der Waals surface area contributed by atoms with Gasteiger partial charge in [0.05, 0.1) is 26.5 Å². The van der Waals surface area contributed by atoms with E-state index >= 15 is 0 Å². The lowest BCUT2D eigenvalue weighted by Gasteiger charge is -2.24. The van der Waals surface area contributed by atoms with Crippen molar-refractivity contribution in [2.45, 2.75) is 18.9 Å². The van der Waals surface area contributed by atoms with Gasteiger partial charge in [-0.25, -0.2) is 0 Å². The second kappa shape index (κ2) is 6.96. The quantitative estimate of drug-likeness (QED) is 0.541. The topological polar surface area (TPSA) is 77.2 Å². The van der Waals surface area contributed by atoms with E-state index in [4.69, 9.17) is 9.15 Å². The zero-order valence-corrected chi connectivity index (χ0v) is 16.3. The maximum Gasteiger partial charge on any atom is 0.235 e. The Morgan fingerprint density at radius 3 is 2.82 bits per heavy atom. The number of methoxy groups -OCH3 is 1. The molecule has 3 aromatic heterocycles. The minimum Gasteiger partial charge on any atom is -0.497 e. The third-order valence-corrected chi connectivity index (χ3v) is 6.37. The van der Waals surface area contributed by atoms with Gasteiger partial charge in [-0.2, -0.15) is 9.50 Å². The van der Waals surface area contributed by atoms with Crippen LogP contribution in [0.1, 0.15) is 29.3 Å². The van der Waals surface area contributed by atoms with Crippen LogP contribution in [0.4, 0.5) is 0 Å². The van der Waals surface area contributed by atoms with Crippen LogP contribution >= 0.6 is 11.3 Å². The van der Waals surface area contributed by atoms with Crippen molar-refractivity contribution in [1.82, 2.24) is 14.6 Å². The van der Waals surface area contributed by atoms with E-state index in [1.54, 1.807) is 19.4 Å². The summed E-state index contributed by atoms with van der Waals surface area (Å²) in [6, 6.07) is 11.7. The molecule has 28 heavy (non-hydrogen) atoms. The van der Waals surface area contributed by atoms with Gasteiger partial charge in [-0.15, -0.1) is 5.10 Å². The largest absolute Gasteiger partial charge is 0.497 e. The second-order valence-corrected chi connectivity index (χ2v) is 7.98. The number of hydrogen-bond acceptors (Lipinski definition) is 6. The highest BCUT2D eigenvalue weighted by Crippen LogP contribution is 2.37. The smallest absolute Gasteiger partial charge is 0.235 e. The fourth-order valence-electron chi connectivity index (χ4n) is 3.96. The zero-order valence-electron chi connectivity index (χ0n) is 15.5. The molecule has 1 saturated heterocycles. The van der Waals surface area contributed by atoms with Crippen molar-refractivity contribution in [2.75, 3.05) is 20.2 Å². The van der Waals surface area contributed by atoms with Crippen LogP contribution < -0.4 is 9.64 Å². The monoisotopic (exact) mass is 397 g/mol. The fourth-order valence-corrected chi connectivity index (χ4v) is 5.10. The molecule has 5 rings (SSSR count). The number of hydrogen-bond donors (Lipinski definition) is 2. The van der Waals surface area contributed by atoms with E-state index in [1.165, 1.54) is 33.6 Å². The number of thiazole rings is 1. The predicted molar refractivity (Wildman–Crippen MR) is 105 cm³/mol. The third kappa shape index (κ3) is 2.85. The summed E-state index contributed by atoms with van der Waals surface area (Å²) in [5.74, 6) is 2.04. The highest BCUT2D eigenvalue weighted by molar-refractivity contribution is 7.17. The molecule has 7 nitrogen and oxygen atoms in total. The lowest BCUT2D eigenvalue weighted by atomic mass is 10.0. The van der Waals surface area contributed by atoms with Crippen LogP contribution in [0.5, 0.6) is 11.6 Å². The normalized spacial score (nSPS) is 16.0. The third-order valence-electron chi connectivity index (χ3n) is 5.28. The Labute approximate surface area is 165 Å². The number of furan rings is 1. The van der Waals surface area contributed by atoms with Crippen molar-refractivity contribution in [3.8, 4) is 23.2 Å². The van der Waals surface area contributed by atoms with Gasteiger partial charge in [0.1, 0.15) is 10.6 Å². The Balaban J connectivity index is 1.61. The maximum atomic E-state index is 11.0. The fraction of sp³-hybridized carbons (Fsp3) is 0.300. The average molecular weight is 397 g/mol. The molecule has 1 fully saturated rings. The molecule has 4 heterocycles. The highest BCUT2D eigenvalue weighted by Gasteiger charge is 2.34. The number of fused-ring (bicyclic) bond motifs is 1. The van der Waals surface area contributed by atoms with E-state index in [0.29, 0.717) is 16.5 Å². The van der Waals surface area contributed by atoms with Crippen molar-refractivity contribution in [2.24, 2.45) is 0 Å². The van der Waals surface area contributed by atoms with Gasteiger partial charge in [0, 0.05) is 18.4 Å². The number of ether oxygens (including phenoxy) is 1. The molecule has 2 N–H and O–H groups in total. The maximum absolute atomic E-state index is 11.0. The first-order chi connectivity index (χ1) is 13.7. The second-order valence-electron chi connectivity index (χ2n) is 6.97. The molecule has 1 aromatic carbocycles. The first-order valence-electron chi connectivity index (χ1n) is 9.35. The summed E-state index contributed by atoms with van der Waals surface area (Å²) in [4.78, 5) is 7.54. The molecule has 1 aliphatic heterocycles. The van der Waals surface area contributed by atoms with E-state index in [0.717, 1.165) is 29.3 Å². The van der Waals surface area contributed by atoms with E-state index in [-0.39, 0.29) is 11.9 Å². The lowest BCUT2D eigenvalue weighted by Crippen LogP contribution is -3.10. The van der Waals surface area contributed by atoms with Crippen LogP contribution in [0.25, 0.3) is 16.5 Å². The summed E-state index contributed by atoms with van der Waals surface area (Å²) < 4.78 is 12.3. The van der Waals surface area contributed by atoms with Crippen molar-refractivity contribution in [1.29, 1.82) is 0 Å². The van der Waals surface area contributed by atoms with Crippen LogP contribution in [0.15, 0.2) is 47.1 Å². The van der Waals surface area contributed by atoms with Gasteiger partial charge in [0.2, 0.25) is 16.7 Å². The summed E-state index contributed by atoms with van der Waals surface area (Å²) in [6.45, 7) is 2.15. The molecule has 0 amide bonds. The number of rotatable bonds is 5. The number of quaternary nitrogens is 1. The Bertz CT molecular complexity index is 1100. The minimum absolute atomic E-state index is 0.0261. The lowest BCUT2D eigenvalue weighted by molar-refractivity contribution is -0.913. The number of aromatic hydroxyl groups is 1. The van der Waals surface area contributed by atoms with Crippen molar-refractivity contribution >= 4 is 16.3 Å². The van der Waals surface area contributed by atoms with Crippen molar-refractivity contribution in [3.63, 3.8) is 0 Å². The molecular formula is C20H21N4O3S+. The zero-order chi connectivity index (χ0) is 19.1. The Morgan fingerprint density at radius 1 is 1.25 bits per heavy atom. The van der Waals surface area contributed by atoms with Crippen LogP contribution in [0.2, 0.25) is 0 Å². The van der Waals surface area contributed by atoms with Gasteiger partial charge in [-0.05, 0) is 24.3 Å². The highest BCUT2D eigenvalue weighted by atomic mass is 32.1. The van der Waals surface area contributed by atoms with Gasteiger partial charge in [0.25, 0.3) is 0 Å². The van der Waals surface area contributed by atoms with Gasteiger partial charge < -0.3 is 19.2 Å². The standard InChI is InChI=1S/C20H20N4O3S/c1-26-14-7-4-6-13(12-14)16(23-9-2-3-10-23)17-19(25)24-20(28-17)21-18(22-24)15-8-5-11-27-15/h4-8,11-12,16,25H,2-3,9-10H2,1H3/p+1/t16-/m1/s1. The van der Waals surface area contributed by atoms with Crippen LogP contribution in [0.3, 0.4) is 0 Å². The number of aromatic nitrogens is 3. The summed E-state index contributed by atoms with van der Waals surface area (Å²) >= 11 is 1.48. The molecule has 4 aromatic rings. The minimum atomic E-state index is 0.0261. The van der Waals surface area contributed by atoms with E-state index in [2.05, 4.69) is 22.2 Å². The summed E-state index contributed by atoms with van der Waals surface area (Å²) in [6.07, 6.45) is 3.98. The molecule has 0 spiro atoms. The first-order valence-corrected chi connectivity index (χ1v) is 10.2. The summed E-state index contributed by atoms with van der Waals surface area (Å²) in [7, 11) is 1.67. The molecule has 144 valence electrons. The molecule has 0 aliphatic carbocycles. The van der Waals surface area contributed by atoms with Gasteiger partial charge >= 0.3 is 0 Å². The Morgan fingerprint density at radius 2 is 2.11 bits per heavy atom. The van der Waals surface area contributed by atoms with Crippen LogP contribution in [-0.4, -0.2) is 39.9 Å². The Kier molecular flexibility index (Phi) is 4.29. The molecule has 1 aliphatic rings. The first kappa shape index (κ1) is 17.3. The average Bonchev–Trinajstić information content (AvgIpc) is 3.50. The van der Waals surface area contributed by atoms with Crippen LogP contribution in [-0.2, 0) is 0 Å². The number of likely N-dealkylation sites (tertiary alicyclic amines) is 1.